The van der Waals surface area contributed by atoms with Gasteiger partial charge in [-0.2, -0.15) is 0 Å². The third kappa shape index (κ3) is 5.29. The molecule has 2 heterocycles. The van der Waals surface area contributed by atoms with Crippen LogP contribution in [0.4, 0.5) is 0 Å². The first-order chi connectivity index (χ1) is 14.9. The molecule has 4 rings (SSSR count). The summed E-state index contributed by atoms with van der Waals surface area (Å²) in [4.78, 5) is 30.3. The van der Waals surface area contributed by atoms with Crippen molar-refractivity contribution in [2.45, 2.75) is 52.0 Å². The lowest BCUT2D eigenvalue weighted by Gasteiger charge is -2.37. The lowest BCUT2D eigenvalue weighted by atomic mass is 10.00. The Morgan fingerprint density at radius 2 is 1.94 bits per heavy atom. The number of hydrogen-bond acceptors (Lipinski definition) is 4. The van der Waals surface area contributed by atoms with E-state index < -0.39 is 0 Å². The SMILES string of the molecule is CC(=O)N(CC(=O)N1CCc2sccc2C1COc1ccc(C(C)C)cc1)CC1CC1. The van der Waals surface area contributed by atoms with Gasteiger partial charge in [-0.3, -0.25) is 9.59 Å². The molecule has 0 radical (unpaired) electrons. The van der Waals surface area contributed by atoms with Gasteiger partial charge in [-0.25, -0.2) is 0 Å². The summed E-state index contributed by atoms with van der Waals surface area (Å²) in [6, 6.07) is 10.2. The average Bonchev–Trinajstić information content (AvgIpc) is 3.44. The molecule has 1 atom stereocenters. The topological polar surface area (TPSA) is 49.9 Å². The van der Waals surface area contributed by atoms with E-state index in [1.54, 1.807) is 23.2 Å². The van der Waals surface area contributed by atoms with E-state index in [9.17, 15) is 9.59 Å². The lowest BCUT2D eigenvalue weighted by Crippen LogP contribution is -2.47. The summed E-state index contributed by atoms with van der Waals surface area (Å²) in [5.41, 5.74) is 2.46. The van der Waals surface area contributed by atoms with E-state index in [4.69, 9.17) is 4.74 Å². The van der Waals surface area contributed by atoms with Crippen LogP contribution in [0.3, 0.4) is 0 Å². The van der Waals surface area contributed by atoms with Crippen molar-refractivity contribution in [1.82, 2.24) is 9.80 Å². The number of carbonyl (C=O) groups is 2. The first-order valence-corrected chi connectivity index (χ1v) is 12.1. The number of ether oxygens (including phenoxy) is 1. The second-order valence-corrected chi connectivity index (χ2v) is 10.0. The van der Waals surface area contributed by atoms with Gasteiger partial charge in [-0.05, 0) is 65.8 Å². The van der Waals surface area contributed by atoms with Crippen LogP contribution in [0.25, 0.3) is 0 Å². The summed E-state index contributed by atoms with van der Waals surface area (Å²) in [7, 11) is 0. The quantitative estimate of drug-likeness (QED) is 0.601. The van der Waals surface area contributed by atoms with Crippen LogP contribution in [-0.2, 0) is 16.0 Å². The third-order valence-electron chi connectivity index (χ3n) is 6.32. The molecule has 1 aliphatic heterocycles. The number of benzene rings is 1. The fourth-order valence-electron chi connectivity index (χ4n) is 4.17. The molecule has 0 spiro atoms. The molecule has 0 bridgehead atoms. The molecule has 2 aromatic rings. The van der Waals surface area contributed by atoms with Crippen LogP contribution in [0, 0.1) is 5.92 Å². The molecule has 1 fully saturated rings. The number of nitrogens with zero attached hydrogens (tertiary/aromatic N) is 2. The molecule has 1 aliphatic carbocycles. The molecule has 1 unspecified atom stereocenters. The maximum atomic E-state index is 13.3. The molecular weight excluding hydrogens is 408 g/mol. The number of amides is 2. The first-order valence-electron chi connectivity index (χ1n) is 11.3. The normalized spacial score (nSPS) is 18.1. The molecule has 2 amide bonds. The molecule has 166 valence electrons. The summed E-state index contributed by atoms with van der Waals surface area (Å²) < 4.78 is 6.14. The minimum atomic E-state index is -0.123. The molecule has 6 heteroatoms. The Bertz CT molecular complexity index is 917. The summed E-state index contributed by atoms with van der Waals surface area (Å²) in [6.07, 6.45) is 3.18. The largest absolute Gasteiger partial charge is 0.491 e. The third-order valence-corrected chi connectivity index (χ3v) is 7.31. The predicted octanol–water partition coefficient (Wildman–Crippen LogP) is 4.63. The van der Waals surface area contributed by atoms with Crippen LogP contribution >= 0.6 is 11.3 Å². The van der Waals surface area contributed by atoms with Crippen molar-refractivity contribution in [3.63, 3.8) is 0 Å². The second-order valence-electron chi connectivity index (χ2n) is 9.03. The molecule has 0 saturated heterocycles. The van der Waals surface area contributed by atoms with Crippen molar-refractivity contribution >= 4 is 23.2 Å². The molecule has 1 aromatic carbocycles. The number of thiophene rings is 1. The Morgan fingerprint density at radius 3 is 2.58 bits per heavy atom. The summed E-state index contributed by atoms with van der Waals surface area (Å²) in [6.45, 7) is 7.85. The van der Waals surface area contributed by atoms with Gasteiger partial charge in [0.2, 0.25) is 11.8 Å². The van der Waals surface area contributed by atoms with Crippen LogP contribution in [0.5, 0.6) is 5.75 Å². The smallest absolute Gasteiger partial charge is 0.242 e. The molecule has 5 nitrogen and oxygen atoms in total. The number of carbonyl (C=O) groups excluding carboxylic acids is 2. The summed E-state index contributed by atoms with van der Waals surface area (Å²) >= 11 is 1.75. The van der Waals surface area contributed by atoms with Crippen LogP contribution in [0.2, 0.25) is 0 Å². The maximum Gasteiger partial charge on any atom is 0.242 e. The van der Waals surface area contributed by atoms with E-state index in [-0.39, 0.29) is 24.4 Å². The van der Waals surface area contributed by atoms with Crippen molar-refractivity contribution in [3.8, 4) is 5.75 Å². The molecule has 0 N–H and O–H groups in total. The van der Waals surface area contributed by atoms with E-state index in [2.05, 4.69) is 37.4 Å². The molecule has 1 saturated carbocycles. The van der Waals surface area contributed by atoms with Crippen molar-refractivity contribution < 1.29 is 14.3 Å². The van der Waals surface area contributed by atoms with Gasteiger partial charge < -0.3 is 14.5 Å². The number of rotatable bonds is 8. The van der Waals surface area contributed by atoms with Crippen molar-refractivity contribution in [2.75, 3.05) is 26.2 Å². The van der Waals surface area contributed by atoms with E-state index in [1.165, 1.54) is 16.0 Å². The van der Waals surface area contributed by atoms with Crippen LogP contribution < -0.4 is 4.74 Å². The standard InChI is InChI=1S/C25H32N2O3S/c1-17(2)20-6-8-21(9-7-20)30-16-23-22-11-13-31-24(22)10-12-27(23)25(29)15-26(18(3)28)14-19-4-5-19/h6-9,11,13,17,19,23H,4-5,10,12,14-16H2,1-3H3. The highest BCUT2D eigenvalue weighted by molar-refractivity contribution is 7.10. The lowest BCUT2D eigenvalue weighted by molar-refractivity contribution is -0.142. The Hall–Kier alpha value is -2.34. The van der Waals surface area contributed by atoms with Gasteiger partial charge >= 0.3 is 0 Å². The Morgan fingerprint density at radius 1 is 1.19 bits per heavy atom. The monoisotopic (exact) mass is 440 g/mol. The maximum absolute atomic E-state index is 13.3. The highest BCUT2D eigenvalue weighted by Crippen LogP contribution is 2.34. The Balaban J connectivity index is 1.46. The summed E-state index contributed by atoms with van der Waals surface area (Å²) in [5, 5.41) is 2.10. The zero-order valence-electron chi connectivity index (χ0n) is 18.7. The van der Waals surface area contributed by atoms with Crippen molar-refractivity contribution in [2.24, 2.45) is 5.92 Å². The molecule has 1 aromatic heterocycles. The summed E-state index contributed by atoms with van der Waals surface area (Å²) in [5.74, 6) is 1.85. The van der Waals surface area contributed by atoms with E-state index in [0.717, 1.165) is 25.0 Å². The van der Waals surface area contributed by atoms with E-state index in [1.807, 2.05) is 17.0 Å². The van der Waals surface area contributed by atoms with Gasteiger partial charge in [0.25, 0.3) is 0 Å². The van der Waals surface area contributed by atoms with Gasteiger partial charge in [0.15, 0.2) is 0 Å². The first kappa shape index (κ1) is 21.9. The zero-order chi connectivity index (χ0) is 22.0. The fraction of sp³-hybridized carbons (Fsp3) is 0.520. The van der Waals surface area contributed by atoms with Gasteiger partial charge in [0.05, 0.1) is 12.6 Å². The Labute approximate surface area is 189 Å². The van der Waals surface area contributed by atoms with Gasteiger partial charge in [-0.15, -0.1) is 11.3 Å². The predicted molar refractivity (Wildman–Crippen MR) is 123 cm³/mol. The highest BCUT2D eigenvalue weighted by Gasteiger charge is 2.34. The van der Waals surface area contributed by atoms with E-state index in [0.29, 0.717) is 31.5 Å². The Kier molecular flexibility index (Phi) is 6.65. The number of fused-ring (bicyclic) bond motifs is 1. The average molecular weight is 441 g/mol. The fourth-order valence-corrected chi connectivity index (χ4v) is 5.10. The highest BCUT2D eigenvalue weighted by atomic mass is 32.1. The van der Waals surface area contributed by atoms with Crippen LogP contribution in [0.15, 0.2) is 35.7 Å². The van der Waals surface area contributed by atoms with Gasteiger partial charge in [0, 0.05) is 24.9 Å². The molecular formula is C25H32N2O3S. The van der Waals surface area contributed by atoms with E-state index >= 15 is 0 Å². The zero-order valence-corrected chi connectivity index (χ0v) is 19.5. The second kappa shape index (κ2) is 9.43. The van der Waals surface area contributed by atoms with Crippen LogP contribution in [-0.4, -0.2) is 47.9 Å². The number of hydrogen-bond donors (Lipinski definition) is 0. The van der Waals surface area contributed by atoms with Crippen molar-refractivity contribution in [3.05, 3.63) is 51.7 Å². The van der Waals surface area contributed by atoms with Crippen molar-refractivity contribution in [1.29, 1.82) is 0 Å². The van der Waals surface area contributed by atoms with Crippen LogP contribution in [0.1, 0.15) is 61.6 Å². The van der Waals surface area contributed by atoms with Gasteiger partial charge in [-0.1, -0.05) is 26.0 Å². The van der Waals surface area contributed by atoms with Gasteiger partial charge in [0.1, 0.15) is 12.4 Å². The molecule has 2 aliphatic rings. The minimum Gasteiger partial charge on any atom is -0.491 e. The molecule has 31 heavy (non-hydrogen) atoms. The minimum absolute atomic E-state index is 0.0106.